The first-order valence-corrected chi connectivity index (χ1v) is 10.7. The SMILES string of the molecule is CCN(CC)S(=O)(=O)c1ccc(=O)n(CC(=O)N2C(C)CCCC2C)c1. The molecular formula is C18H29N3O4S. The van der Waals surface area contributed by atoms with Gasteiger partial charge in [0.15, 0.2) is 0 Å². The summed E-state index contributed by atoms with van der Waals surface area (Å²) in [6.45, 7) is 8.10. The quantitative estimate of drug-likeness (QED) is 0.748. The van der Waals surface area contributed by atoms with Gasteiger partial charge >= 0.3 is 0 Å². The van der Waals surface area contributed by atoms with Gasteiger partial charge in [-0.2, -0.15) is 4.31 Å². The van der Waals surface area contributed by atoms with Gasteiger partial charge in [-0.1, -0.05) is 13.8 Å². The van der Waals surface area contributed by atoms with Crippen molar-refractivity contribution in [1.29, 1.82) is 0 Å². The van der Waals surface area contributed by atoms with Crippen LogP contribution in [0.15, 0.2) is 28.0 Å². The molecule has 1 amide bonds. The van der Waals surface area contributed by atoms with Crippen LogP contribution in [0, 0.1) is 0 Å². The zero-order valence-electron chi connectivity index (χ0n) is 16.0. The molecule has 0 N–H and O–H groups in total. The number of aromatic nitrogens is 1. The number of sulfonamides is 1. The van der Waals surface area contributed by atoms with Crippen LogP contribution in [0.2, 0.25) is 0 Å². The molecular weight excluding hydrogens is 354 g/mol. The lowest BCUT2D eigenvalue weighted by Crippen LogP contribution is -2.49. The van der Waals surface area contributed by atoms with Crippen LogP contribution in [0.25, 0.3) is 0 Å². The molecule has 0 radical (unpaired) electrons. The van der Waals surface area contributed by atoms with E-state index in [2.05, 4.69) is 0 Å². The molecule has 2 unspecified atom stereocenters. The molecule has 1 aliphatic rings. The van der Waals surface area contributed by atoms with Crippen LogP contribution in [0.5, 0.6) is 0 Å². The molecule has 0 bridgehead atoms. The van der Waals surface area contributed by atoms with Crippen molar-refractivity contribution in [3.05, 3.63) is 28.7 Å². The highest BCUT2D eigenvalue weighted by molar-refractivity contribution is 7.89. The summed E-state index contributed by atoms with van der Waals surface area (Å²) in [7, 11) is -3.67. The zero-order valence-corrected chi connectivity index (χ0v) is 16.8. The number of carbonyl (C=O) groups is 1. The van der Waals surface area contributed by atoms with Gasteiger partial charge in [0.25, 0.3) is 5.56 Å². The fourth-order valence-corrected chi connectivity index (χ4v) is 5.12. The lowest BCUT2D eigenvalue weighted by Gasteiger charge is -2.39. The third-order valence-electron chi connectivity index (χ3n) is 5.09. The fourth-order valence-electron chi connectivity index (χ4n) is 3.64. The molecule has 7 nitrogen and oxygen atoms in total. The number of amides is 1. The van der Waals surface area contributed by atoms with E-state index >= 15 is 0 Å². The standard InChI is InChI=1S/C18H29N3O4S/c1-5-20(6-2)26(24,25)16-10-11-17(22)19(12-16)13-18(23)21-14(3)8-7-9-15(21)4/h10-12,14-15H,5-9,13H2,1-4H3. The van der Waals surface area contributed by atoms with E-state index in [0.717, 1.165) is 19.3 Å². The van der Waals surface area contributed by atoms with E-state index in [4.69, 9.17) is 0 Å². The van der Waals surface area contributed by atoms with Crippen LogP contribution >= 0.6 is 0 Å². The highest BCUT2D eigenvalue weighted by Gasteiger charge is 2.29. The van der Waals surface area contributed by atoms with Crippen LogP contribution in [-0.2, 0) is 21.4 Å². The number of pyridine rings is 1. The van der Waals surface area contributed by atoms with E-state index < -0.39 is 10.0 Å². The molecule has 8 heteroatoms. The molecule has 1 aromatic heterocycles. The lowest BCUT2D eigenvalue weighted by atomic mass is 9.97. The van der Waals surface area contributed by atoms with Crippen molar-refractivity contribution < 1.29 is 13.2 Å². The van der Waals surface area contributed by atoms with E-state index in [0.29, 0.717) is 13.1 Å². The number of hydrogen-bond acceptors (Lipinski definition) is 4. The van der Waals surface area contributed by atoms with Gasteiger partial charge in [0.2, 0.25) is 15.9 Å². The summed E-state index contributed by atoms with van der Waals surface area (Å²) in [4.78, 5) is 26.8. The molecule has 1 aromatic rings. The molecule has 0 aliphatic carbocycles. The van der Waals surface area contributed by atoms with E-state index in [9.17, 15) is 18.0 Å². The summed E-state index contributed by atoms with van der Waals surface area (Å²) in [6, 6.07) is 2.78. The maximum atomic E-state index is 12.8. The van der Waals surface area contributed by atoms with Gasteiger partial charge in [0.1, 0.15) is 6.54 Å². The summed E-state index contributed by atoms with van der Waals surface area (Å²) in [5.41, 5.74) is -0.380. The summed E-state index contributed by atoms with van der Waals surface area (Å²) in [6.07, 6.45) is 4.26. The van der Waals surface area contributed by atoms with Crippen molar-refractivity contribution in [1.82, 2.24) is 13.8 Å². The minimum Gasteiger partial charge on any atom is -0.336 e. The number of carbonyl (C=O) groups excluding carboxylic acids is 1. The maximum Gasteiger partial charge on any atom is 0.251 e. The van der Waals surface area contributed by atoms with Gasteiger partial charge in [-0.15, -0.1) is 0 Å². The van der Waals surface area contributed by atoms with Crippen molar-refractivity contribution in [3.8, 4) is 0 Å². The average molecular weight is 384 g/mol. The monoisotopic (exact) mass is 383 g/mol. The maximum absolute atomic E-state index is 12.8. The highest BCUT2D eigenvalue weighted by atomic mass is 32.2. The molecule has 2 heterocycles. The Hall–Kier alpha value is -1.67. The van der Waals surface area contributed by atoms with E-state index in [1.54, 1.807) is 13.8 Å². The Bertz CT molecular complexity index is 789. The number of piperidine rings is 1. The van der Waals surface area contributed by atoms with Crippen LogP contribution < -0.4 is 5.56 Å². The molecule has 2 atom stereocenters. The van der Waals surface area contributed by atoms with Crippen LogP contribution in [0.1, 0.15) is 47.0 Å². The first-order chi connectivity index (χ1) is 12.2. The summed E-state index contributed by atoms with van der Waals surface area (Å²) >= 11 is 0. The van der Waals surface area contributed by atoms with Crippen molar-refractivity contribution in [2.75, 3.05) is 13.1 Å². The Labute approximate surface area is 155 Å². The first kappa shape index (κ1) is 20.6. The molecule has 0 spiro atoms. The smallest absolute Gasteiger partial charge is 0.251 e. The third kappa shape index (κ3) is 4.17. The molecule has 0 saturated carbocycles. The highest BCUT2D eigenvalue weighted by Crippen LogP contribution is 2.23. The van der Waals surface area contributed by atoms with E-state index in [-0.39, 0.29) is 35.0 Å². The van der Waals surface area contributed by atoms with Gasteiger partial charge in [0, 0.05) is 37.4 Å². The Morgan fingerprint density at radius 1 is 1.15 bits per heavy atom. The van der Waals surface area contributed by atoms with Gasteiger partial charge in [-0.25, -0.2) is 8.42 Å². The number of rotatable bonds is 6. The fraction of sp³-hybridized carbons (Fsp3) is 0.667. The van der Waals surface area contributed by atoms with Crippen molar-refractivity contribution in [2.45, 2.75) is 70.5 Å². The topological polar surface area (TPSA) is 79.7 Å². The number of likely N-dealkylation sites (tertiary alicyclic amines) is 1. The number of nitrogens with zero attached hydrogens (tertiary/aromatic N) is 3. The van der Waals surface area contributed by atoms with Crippen molar-refractivity contribution in [2.24, 2.45) is 0 Å². The summed E-state index contributed by atoms with van der Waals surface area (Å²) < 4.78 is 27.9. The molecule has 1 saturated heterocycles. The zero-order chi connectivity index (χ0) is 19.5. The molecule has 1 aliphatic heterocycles. The second-order valence-corrected chi connectivity index (χ2v) is 8.79. The second kappa shape index (κ2) is 8.35. The van der Waals surface area contributed by atoms with E-state index in [1.165, 1.54) is 27.2 Å². The van der Waals surface area contributed by atoms with Gasteiger partial charge in [0.05, 0.1) is 4.90 Å². The minimum absolute atomic E-state index is 0.0355. The predicted octanol–water partition coefficient (Wildman–Crippen LogP) is 1.67. The molecule has 0 aromatic carbocycles. The Kier molecular flexibility index (Phi) is 6.63. The summed E-state index contributed by atoms with van der Waals surface area (Å²) in [5, 5.41) is 0. The first-order valence-electron chi connectivity index (χ1n) is 9.24. The second-order valence-electron chi connectivity index (χ2n) is 6.85. The molecule has 146 valence electrons. The molecule has 1 fully saturated rings. The van der Waals surface area contributed by atoms with Crippen molar-refractivity contribution >= 4 is 15.9 Å². The minimum atomic E-state index is -3.67. The third-order valence-corrected chi connectivity index (χ3v) is 7.12. The molecule has 2 rings (SSSR count). The van der Waals surface area contributed by atoms with Crippen LogP contribution in [0.4, 0.5) is 0 Å². The van der Waals surface area contributed by atoms with Crippen molar-refractivity contribution in [3.63, 3.8) is 0 Å². The summed E-state index contributed by atoms with van der Waals surface area (Å²) in [5.74, 6) is -0.149. The Morgan fingerprint density at radius 3 is 2.27 bits per heavy atom. The average Bonchev–Trinajstić information content (AvgIpc) is 2.57. The van der Waals surface area contributed by atoms with Gasteiger partial charge < -0.3 is 9.47 Å². The lowest BCUT2D eigenvalue weighted by molar-refractivity contribution is -0.138. The largest absolute Gasteiger partial charge is 0.336 e. The van der Waals surface area contributed by atoms with Gasteiger partial charge in [-0.05, 0) is 39.2 Å². The number of hydrogen-bond donors (Lipinski definition) is 0. The Balaban J connectivity index is 2.30. The van der Waals surface area contributed by atoms with Gasteiger partial charge in [-0.3, -0.25) is 9.59 Å². The molecule has 26 heavy (non-hydrogen) atoms. The van der Waals surface area contributed by atoms with E-state index in [1.807, 2.05) is 18.7 Å². The van der Waals surface area contributed by atoms with Crippen LogP contribution in [-0.4, -0.2) is 53.3 Å². The predicted molar refractivity (Wildman–Crippen MR) is 100 cm³/mol. The van der Waals surface area contributed by atoms with Crippen LogP contribution in [0.3, 0.4) is 0 Å². The Morgan fingerprint density at radius 2 is 1.73 bits per heavy atom. The normalized spacial score (nSPS) is 21.2.